The third-order valence-corrected chi connectivity index (χ3v) is 7.12. The predicted octanol–water partition coefficient (Wildman–Crippen LogP) is 5.29. The van der Waals surface area contributed by atoms with Crippen LogP contribution in [0.4, 0.5) is 5.69 Å². The fraction of sp³-hybridized carbons (Fsp3) is 0.360. The van der Waals surface area contributed by atoms with E-state index >= 15 is 0 Å². The van der Waals surface area contributed by atoms with Crippen LogP contribution < -0.4 is 19.7 Å². The first-order chi connectivity index (χ1) is 15.8. The van der Waals surface area contributed by atoms with E-state index in [9.17, 15) is 0 Å². The summed E-state index contributed by atoms with van der Waals surface area (Å²) in [5, 5.41) is 4.23. The summed E-state index contributed by atoms with van der Waals surface area (Å²) >= 11 is 5.84. The number of nitrogens with zero attached hydrogens (tertiary/aromatic N) is 3. The van der Waals surface area contributed by atoms with Crippen molar-refractivity contribution in [2.75, 3.05) is 11.7 Å². The van der Waals surface area contributed by atoms with Gasteiger partial charge in [-0.05, 0) is 61.0 Å². The minimum atomic E-state index is -0.0451. The topological polar surface area (TPSA) is 51.6 Å². The first kappa shape index (κ1) is 19.6. The van der Waals surface area contributed by atoms with Crippen molar-refractivity contribution in [2.45, 2.75) is 50.2 Å². The second-order valence-electron chi connectivity index (χ2n) is 8.72. The van der Waals surface area contributed by atoms with Crippen molar-refractivity contribution in [3.63, 3.8) is 0 Å². The molecular weight excluding hydrogens is 420 g/mol. The molecule has 0 radical (unpaired) electrons. The number of hydrogen-bond donors (Lipinski definition) is 1. The Kier molecular flexibility index (Phi) is 4.98. The molecule has 2 aromatic heterocycles. The summed E-state index contributed by atoms with van der Waals surface area (Å²) in [6.07, 6.45) is 12.9. The highest BCUT2D eigenvalue weighted by molar-refractivity contribution is 7.80. The van der Waals surface area contributed by atoms with Gasteiger partial charge in [-0.15, -0.1) is 0 Å². The van der Waals surface area contributed by atoms with Gasteiger partial charge in [0.2, 0.25) is 6.79 Å². The molecule has 1 N–H and O–H groups in total. The minimum Gasteiger partial charge on any atom is -0.454 e. The van der Waals surface area contributed by atoms with Gasteiger partial charge in [-0.25, -0.2) is 0 Å². The van der Waals surface area contributed by atoms with Gasteiger partial charge in [0.15, 0.2) is 16.6 Å². The number of rotatable bonds is 4. The normalized spacial score (nSPS) is 22.9. The van der Waals surface area contributed by atoms with Crippen molar-refractivity contribution in [3.05, 3.63) is 72.3 Å². The maximum absolute atomic E-state index is 5.84. The minimum absolute atomic E-state index is 0.0115. The van der Waals surface area contributed by atoms with Crippen molar-refractivity contribution >= 4 is 23.0 Å². The van der Waals surface area contributed by atoms with Crippen molar-refractivity contribution in [2.24, 2.45) is 0 Å². The first-order valence-corrected chi connectivity index (χ1v) is 11.8. The fourth-order valence-electron chi connectivity index (χ4n) is 5.22. The Morgan fingerprint density at radius 2 is 1.88 bits per heavy atom. The van der Waals surface area contributed by atoms with Gasteiger partial charge in [0.25, 0.3) is 0 Å². The Morgan fingerprint density at radius 3 is 2.72 bits per heavy atom. The van der Waals surface area contributed by atoms with Crippen molar-refractivity contribution in [3.8, 4) is 11.5 Å². The van der Waals surface area contributed by atoms with Crippen LogP contribution in [0.15, 0.2) is 61.1 Å². The third-order valence-electron chi connectivity index (χ3n) is 6.81. The van der Waals surface area contributed by atoms with E-state index in [0.29, 0.717) is 11.2 Å². The number of thiocarbonyl (C=S) groups is 1. The maximum Gasteiger partial charge on any atom is 0.231 e. The van der Waals surface area contributed by atoms with Crippen LogP contribution in [-0.2, 0) is 0 Å². The molecule has 1 saturated carbocycles. The van der Waals surface area contributed by atoms with Crippen LogP contribution in [0.25, 0.3) is 0 Å². The van der Waals surface area contributed by atoms with Gasteiger partial charge in [0.1, 0.15) is 0 Å². The monoisotopic (exact) mass is 446 g/mol. The van der Waals surface area contributed by atoms with Gasteiger partial charge in [0.05, 0.1) is 17.8 Å². The number of fused-ring (bicyclic) bond motifs is 1. The van der Waals surface area contributed by atoms with Crippen LogP contribution in [0, 0.1) is 0 Å². The summed E-state index contributed by atoms with van der Waals surface area (Å²) in [4.78, 5) is 6.84. The van der Waals surface area contributed by atoms with E-state index in [1.807, 2.05) is 36.5 Å². The zero-order valence-electron chi connectivity index (χ0n) is 17.8. The van der Waals surface area contributed by atoms with Gasteiger partial charge >= 0.3 is 0 Å². The van der Waals surface area contributed by atoms with Crippen LogP contribution >= 0.6 is 12.2 Å². The third kappa shape index (κ3) is 3.41. The van der Waals surface area contributed by atoms with Crippen LogP contribution in [0.1, 0.15) is 61.5 Å². The average Bonchev–Trinajstić information content (AvgIpc) is 3.58. The number of pyridine rings is 1. The molecule has 2 atom stereocenters. The molecular formula is C25H26N4O2S. The zero-order valence-corrected chi connectivity index (χ0v) is 18.6. The Bertz CT molecular complexity index is 1130. The van der Waals surface area contributed by atoms with Gasteiger partial charge < -0.3 is 24.3 Å². The molecule has 1 saturated heterocycles. The number of benzene rings is 1. The molecule has 164 valence electrons. The molecule has 0 spiro atoms. The van der Waals surface area contributed by atoms with Gasteiger partial charge in [-0.3, -0.25) is 4.98 Å². The molecule has 1 aliphatic carbocycles. The van der Waals surface area contributed by atoms with Gasteiger partial charge in [-0.2, -0.15) is 0 Å². The Labute approximate surface area is 193 Å². The molecule has 0 bridgehead atoms. The lowest BCUT2D eigenvalue weighted by Gasteiger charge is -2.28. The Balaban J connectivity index is 1.41. The number of ether oxygens (including phenoxy) is 2. The number of hydrogen-bond acceptors (Lipinski definition) is 4. The summed E-state index contributed by atoms with van der Waals surface area (Å²) < 4.78 is 13.6. The SMILES string of the molecule is S=C1N[C@@H](c2ccccn2)[C@H](c2ccn(C3CCCCC3)c2)N1c1ccc2c(c1)OCO2. The smallest absolute Gasteiger partial charge is 0.231 e. The lowest BCUT2D eigenvalue weighted by atomic mass is 9.95. The molecule has 3 aromatic rings. The van der Waals surface area contributed by atoms with Crippen LogP contribution in [0.2, 0.25) is 0 Å². The van der Waals surface area contributed by atoms with Crippen molar-refractivity contribution < 1.29 is 9.47 Å². The first-order valence-electron chi connectivity index (χ1n) is 11.4. The molecule has 6 nitrogen and oxygen atoms in total. The van der Waals surface area contributed by atoms with E-state index in [0.717, 1.165) is 22.9 Å². The molecule has 7 heteroatoms. The fourth-order valence-corrected chi connectivity index (χ4v) is 5.56. The van der Waals surface area contributed by atoms with Crippen molar-refractivity contribution in [1.82, 2.24) is 14.9 Å². The quantitative estimate of drug-likeness (QED) is 0.550. The second kappa shape index (κ2) is 8.13. The summed E-state index contributed by atoms with van der Waals surface area (Å²) in [6, 6.07) is 14.8. The summed E-state index contributed by atoms with van der Waals surface area (Å²) in [5.74, 6) is 1.53. The van der Waals surface area contributed by atoms with E-state index in [4.69, 9.17) is 21.7 Å². The molecule has 1 aromatic carbocycles. The number of aromatic nitrogens is 2. The molecule has 0 unspecified atom stereocenters. The maximum atomic E-state index is 5.84. The summed E-state index contributed by atoms with van der Waals surface area (Å²) in [7, 11) is 0. The highest BCUT2D eigenvalue weighted by Crippen LogP contribution is 2.44. The molecule has 32 heavy (non-hydrogen) atoms. The van der Waals surface area contributed by atoms with Gasteiger partial charge in [0, 0.05) is 36.4 Å². The average molecular weight is 447 g/mol. The molecule has 2 aliphatic heterocycles. The zero-order chi connectivity index (χ0) is 21.5. The van der Waals surface area contributed by atoms with Crippen molar-refractivity contribution in [1.29, 1.82) is 0 Å². The summed E-state index contributed by atoms with van der Waals surface area (Å²) in [6.45, 7) is 0.256. The molecule has 2 fully saturated rings. The largest absolute Gasteiger partial charge is 0.454 e. The van der Waals surface area contributed by atoms with Crippen LogP contribution in [0.5, 0.6) is 11.5 Å². The van der Waals surface area contributed by atoms with Gasteiger partial charge in [-0.1, -0.05) is 25.3 Å². The summed E-state index contributed by atoms with van der Waals surface area (Å²) in [5.41, 5.74) is 3.20. The molecule has 3 aliphatic rings. The lowest BCUT2D eigenvalue weighted by molar-refractivity contribution is 0.174. The Morgan fingerprint density at radius 1 is 1.00 bits per heavy atom. The Hall–Kier alpha value is -3.06. The van der Waals surface area contributed by atoms with E-state index in [-0.39, 0.29) is 18.9 Å². The predicted molar refractivity (Wildman–Crippen MR) is 127 cm³/mol. The second-order valence-corrected chi connectivity index (χ2v) is 9.10. The van der Waals surface area contributed by atoms with E-state index < -0.39 is 0 Å². The highest BCUT2D eigenvalue weighted by Gasteiger charge is 2.41. The van der Waals surface area contributed by atoms with E-state index in [2.05, 4.69) is 44.3 Å². The highest BCUT2D eigenvalue weighted by atomic mass is 32.1. The molecule has 0 amide bonds. The molecule has 6 rings (SSSR count). The van der Waals surface area contributed by atoms with E-state index in [1.54, 1.807) is 0 Å². The van der Waals surface area contributed by atoms with Crippen LogP contribution in [-0.4, -0.2) is 21.5 Å². The van der Waals surface area contributed by atoms with Crippen LogP contribution in [0.3, 0.4) is 0 Å². The standard InChI is InChI=1S/C25H26N4O2S/c32-25-27-23(20-8-4-5-12-26-20)24(17-11-13-28(15-17)18-6-2-1-3-7-18)29(25)19-9-10-21-22(14-19)31-16-30-21/h4-5,8-15,18,23-24H,1-3,6-7,16H2,(H,27,32)/t23-,24-/m0/s1. The number of nitrogens with one attached hydrogen (secondary N) is 1. The number of anilines is 1. The molecule has 4 heterocycles. The lowest BCUT2D eigenvalue weighted by Crippen LogP contribution is -2.29. The van der Waals surface area contributed by atoms with E-state index in [1.165, 1.54) is 37.7 Å².